The number of sulfonamides is 1. The molecule has 27 heavy (non-hydrogen) atoms. The van der Waals surface area contributed by atoms with Crippen molar-refractivity contribution in [2.24, 2.45) is 7.05 Å². The predicted octanol–water partition coefficient (Wildman–Crippen LogP) is 2.41. The summed E-state index contributed by atoms with van der Waals surface area (Å²) in [5, 5.41) is 0. The minimum Gasteiger partial charge on any atom is -0.347 e. The van der Waals surface area contributed by atoms with E-state index in [0.29, 0.717) is 36.8 Å². The van der Waals surface area contributed by atoms with Gasteiger partial charge in [-0.2, -0.15) is 4.31 Å². The summed E-state index contributed by atoms with van der Waals surface area (Å²) in [4.78, 5) is 14.8. The summed E-state index contributed by atoms with van der Waals surface area (Å²) >= 11 is 0. The van der Waals surface area contributed by atoms with Crippen LogP contribution in [0.5, 0.6) is 0 Å². The van der Waals surface area contributed by atoms with Crippen LogP contribution in [0.3, 0.4) is 0 Å². The molecule has 6 nitrogen and oxygen atoms in total. The number of hydrogen-bond donors (Lipinski definition) is 0. The smallest absolute Gasteiger partial charge is 0.270 e. The molecule has 1 saturated heterocycles. The molecule has 0 N–H and O–H groups in total. The van der Waals surface area contributed by atoms with Crippen LogP contribution in [0.1, 0.15) is 32.7 Å². The van der Waals surface area contributed by atoms with Crippen molar-refractivity contribution < 1.29 is 13.2 Å². The fourth-order valence-corrected chi connectivity index (χ4v) is 5.67. The summed E-state index contributed by atoms with van der Waals surface area (Å²) < 4.78 is 29.9. The van der Waals surface area contributed by atoms with Crippen molar-refractivity contribution in [3.05, 3.63) is 52.3 Å². The first-order valence-corrected chi connectivity index (χ1v) is 10.6. The van der Waals surface area contributed by atoms with E-state index in [4.69, 9.17) is 0 Å². The molecule has 1 aliphatic heterocycles. The third-order valence-electron chi connectivity index (χ3n) is 5.58. The second-order valence-electron chi connectivity index (χ2n) is 7.29. The zero-order chi connectivity index (χ0) is 19.9. The molecule has 0 bridgehead atoms. The topological polar surface area (TPSA) is 62.6 Å². The van der Waals surface area contributed by atoms with Crippen LogP contribution in [-0.2, 0) is 17.1 Å². The van der Waals surface area contributed by atoms with E-state index in [0.717, 1.165) is 22.3 Å². The van der Waals surface area contributed by atoms with Crippen molar-refractivity contribution in [1.29, 1.82) is 0 Å². The second-order valence-corrected chi connectivity index (χ2v) is 9.16. The van der Waals surface area contributed by atoms with Crippen molar-refractivity contribution in [1.82, 2.24) is 13.8 Å². The third-order valence-corrected chi connectivity index (χ3v) is 7.76. The van der Waals surface area contributed by atoms with Gasteiger partial charge in [0.2, 0.25) is 10.0 Å². The molecule has 1 aliphatic rings. The van der Waals surface area contributed by atoms with Crippen molar-refractivity contribution in [2.45, 2.75) is 32.6 Å². The maximum absolute atomic E-state index is 13.3. The van der Waals surface area contributed by atoms with E-state index in [1.807, 2.05) is 53.1 Å². The van der Waals surface area contributed by atoms with Crippen molar-refractivity contribution in [2.75, 3.05) is 26.2 Å². The van der Waals surface area contributed by atoms with Crippen LogP contribution in [-0.4, -0.2) is 54.3 Å². The Bertz CT molecular complexity index is 958. The van der Waals surface area contributed by atoms with Crippen LogP contribution in [0.25, 0.3) is 0 Å². The van der Waals surface area contributed by atoms with E-state index >= 15 is 0 Å². The lowest BCUT2D eigenvalue weighted by Gasteiger charge is -2.34. The molecule has 1 fully saturated rings. The molecule has 1 aromatic carbocycles. The maximum Gasteiger partial charge on any atom is 0.270 e. The summed E-state index contributed by atoms with van der Waals surface area (Å²) in [7, 11) is -1.76. The first kappa shape index (κ1) is 19.6. The summed E-state index contributed by atoms with van der Waals surface area (Å²) in [6.07, 6.45) is 1.83. The number of carbonyl (C=O) groups is 1. The summed E-state index contributed by atoms with van der Waals surface area (Å²) in [6, 6.07) is 5.65. The number of hydrogen-bond acceptors (Lipinski definition) is 3. The number of carbonyl (C=O) groups excluding carboxylic acids is 1. The van der Waals surface area contributed by atoms with Gasteiger partial charge in [0.1, 0.15) is 5.69 Å². The van der Waals surface area contributed by atoms with E-state index in [1.54, 1.807) is 15.5 Å². The highest BCUT2D eigenvalue weighted by Crippen LogP contribution is 2.29. The molecule has 0 spiro atoms. The average molecular weight is 390 g/mol. The van der Waals surface area contributed by atoms with Crippen molar-refractivity contribution >= 4 is 15.9 Å². The third kappa shape index (κ3) is 3.41. The zero-order valence-electron chi connectivity index (χ0n) is 16.6. The standard InChI is InChI=1S/C20H27N3O3S/c1-14-13-15(2)17(4)19(16(14)3)27(25,26)23-11-9-22(10-12-23)20(24)18-7-6-8-21(18)5/h6-8,13H,9-12H2,1-5H3. The number of benzene rings is 1. The van der Waals surface area contributed by atoms with Gasteiger partial charge in [-0.3, -0.25) is 4.79 Å². The molecule has 2 heterocycles. The molecule has 0 unspecified atom stereocenters. The molecule has 0 radical (unpaired) electrons. The first-order chi connectivity index (χ1) is 12.6. The van der Waals surface area contributed by atoms with Gasteiger partial charge in [0.15, 0.2) is 0 Å². The molecular formula is C20H27N3O3S. The van der Waals surface area contributed by atoms with Gasteiger partial charge in [-0.1, -0.05) is 6.07 Å². The van der Waals surface area contributed by atoms with Crippen molar-refractivity contribution in [3.63, 3.8) is 0 Å². The number of aromatic nitrogens is 1. The van der Waals surface area contributed by atoms with Crippen LogP contribution in [0.2, 0.25) is 0 Å². The Morgan fingerprint density at radius 3 is 2.00 bits per heavy atom. The Kier molecular flexibility index (Phi) is 5.18. The van der Waals surface area contributed by atoms with Gasteiger partial charge in [-0.05, 0) is 62.1 Å². The van der Waals surface area contributed by atoms with Crippen molar-refractivity contribution in [3.8, 4) is 0 Å². The molecule has 2 aromatic rings. The molecule has 0 saturated carbocycles. The van der Waals surface area contributed by atoms with E-state index in [1.165, 1.54) is 4.31 Å². The lowest BCUT2D eigenvalue weighted by molar-refractivity contribution is 0.0688. The van der Waals surface area contributed by atoms with Gasteiger partial charge in [-0.15, -0.1) is 0 Å². The Balaban J connectivity index is 1.82. The molecule has 1 amide bonds. The van der Waals surface area contributed by atoms with Crippen LogP contribution >= 0.6 is 0 Å². The van der Waals surface area contributed by atoms with Gasteiger partial charge < -0.3 is 9.47 Å². The van der Waals surface area contributed by atoms with Gasteiger partial charge in [-0.25, -0.2) is 8.42 Å². The summed E-state index contributed by atoms with van der Waals surface area (Å²) in [6.45, 7) is 9.02. The number of amides is 1. The lowest BCUT2D eigenvalue weighted by atomic mass is 10.0. The molecule has 7 heteroatoms. The summed E-state index contributed by atoms with van der Waals surface area (Å²) in [5.74, 6) is -0.0571. The Hall–Kier alpha value is -2.12. The number of piperazine rings is 1. The second kappa shape index (κ2) is 7.13. The minimum atomic E-state index is -3.59. The number of nitrogens with zero attached hydrogens (tertiary/aromatic N) is 3. The highest BCUT2D eigenvalue weighted by Gasteiger charge is 2.33. The highest BCUT2D eigenvalue weighted by molar-refractivity contribution is 7.89. The molecule has 3 rings (SSSR count). The van der Waals surface area contributed by atoms with Crippen LogP contribution in [0.15, 0.2) is 29.3 Å². The normalized spacial score (nSPS) is 16.0. The quantitative estimate of drug-likeness (QED) is 0.810. The fraction of sp³-hybridized carbons (Fsp3) is 0.450. The molecule has 0 atom stereocenters. The maximum atomic E-state index is 13.3. The average Bonchev–Trinajstić information content (AvgIpc) is 3.05. The molecule has 1 aromatic heterocycles. The van der Waals surface area contributed by atoms with Gasteiger partial charge >= 0.3 is 0 Å². The fourth-order valence-electron chi connectivity index (χ4n) is 3.67. The van der Waals surface area contributed by atoms with Crippen LogP contribution in [0.4, 0.5) is 0 Å². The predicted molar refractivity (Wildman–Crippen MR) is 105 cm³/mol. The lowest BCUT2D eigenvalue weighted by Crippen LogP contribution is -2.51. The first-order valence-electron chi connectivity index (χ1n) is 9.12. The number of aryl methyl sites for hydroxylation is 3. The Morgan fingerprint density at radius 2 is 1.52 bits per heavy atom. The zero-order valence-corrected chi connectivity index (χ0v) is 17.4. The largest absolute Gasteiger partial charge is 0.347 e. The van der Waals surface area contributed by atoms with Gasteiger partial charge in [0.05, 0.1) is 4.90 Å². The minimum absolute atomic E-state index is 0.0571. The van der Waals surface area contributed by atoms with Crippen LogP contribution in [0, 0.1) is 27.7 Å². The van der Waals surface area contributed by atoms with Gasteiger partial charge in [0, 0.05) is 39.4 Å². The number of rotatable bonds is 3. The van der Waals surface area contributed by atoms with E-state index in [-0.39, 0.29) is 5.91 Å². The van der Waals surface area contributed by atoms with Crippen LogP contribution < -0.4 is 0 Å². The Morgan fingerprint density at radius 1 is 0.963 bits per heavy atom. The Labute approximate surface area is 161 Å². The van der Waals surface area contributed by atoms with Gasteiger partial charge in [0.25, 0.3) is 5.91 Å². The van der Waals surface area contributed by atoms with E-state index < -0.39 is 10.0 Å². The molecule has 0 aliphatic carbocycles. The van der Waals surface area contributed by atoms with E-state index in [2.05, 4.69) is 0 Å². The molecular weight excluding hydrogens is 362 g/mol. The monoisotopic (exact) mass is 389 g/mol. The summed E-state index contributed by atoms with van der Waals surface area (Å²) in [5.41, 5.74) is 4.19. The molecule has 146 valence electrons. The highest BCUT2D eigenvalue weighted by atomic mass is 32.2. The SMILES string of the molecule is Cc1cc(C)c(C)c(S(=O)(=O)N2CCN(C(=O)c3cccn3C)CC2)c1C. The van der Waals surface area contributed by atoms with E-state index in [9.17, 15) is 13.2 Å².